The molecule has 4 nitrogen and oxygen atoms in total. The molecule has 0 aliphatic carbocycles. The number of hydrogen-bond donors (Lipinski definition) is 0. The number of rotatable bonds is 8. The molecule has 0 fully saturated rings. The zero-order chi connectivity index (χ0) is 12.2. The van der Waals surface area contributed by atoms with Crippen molar-refractivity contribution in [1.29, 1.82) is 0 Å². The Morgan fingerprint density at radius 3 is 1.56 bits per heavy atom. The molecule has 0 aliphatic rings. The van der Waals surface area contributed by atoms with Crippen LogP contribution in [0.1, 0.15) is 39.5 Å². The Hall–Kier alpha value is -1.32. The maximum absolute atomic E-state index is 10.9. The molecule has 92 valence electrons. The zero-order valence-electron chi connectivity index (χ0n) is 10.0. The Morgan fingerprint density at radius 2 is 1.25 bits per heavy atom. The molecule has 0 aromatic rings. The Labute approximate surface area is 96.6 Å². The Bertz CT molecular complexity index is 209. The first-order valence-electron chi connectivity index (χ1n) is 5.66. The minimum absolute atomic E-state index is 0.199. The van der Waals surface area contributed by atoms with Gasteiger partial charge in [-0.2, -0.15) is 0 Å². The molecule has 0 amide bonds. The van der Waals surface area contributed by atoms with Crippen molar-refractivity contribution in [2.24, 2.45) is 0 Å². The molecule has 0 aliphatic heterocycles. The fourth-order valence-corrected chi connectivity index (χ4v) is 0.971. The Morgan fingerprint density at radius 1 is 0.875 bits per heavy atom. The maximum Gasteiger partial charge on any atom is 0.306 e. The SMILES string of the molecule is CCCC(=O)OCC=CCOC(=O)CCC. The number of hydrogen-bond acceptors (Lipinski definition) is 4. The van der Waals surface area contributed by atoms with Gasteiger partial charge in [0.15, 0.2) is 0 Å². The third-order valence-electron chi connectivity index (χ3n) is 1.76. The number of esters is 2. The highest BCUT2D eigenvalue weighted by Gasteiger charge is 1.98. The second kappa shape index (κ2) is 10.2. The summed E-state index contributed by atoms with van der Waals surface area (Å²) in [6.07, 6.45) is 5.81. The van der Waals surface area contributed by atoms with Crippen molar-refractivity contribution >= 4 is 11.9 Å². The van der Waals surface area contributed by atoms with E-state index in [9.17, 15) is 9.59 Å². The predicted molar refractivity (Wildman–Crippen MR) is 60.9 cm³/mol. The standard InChI is InChI=1S/C12H20O4/c1-3-7-11(13)15-9-5-6-10-16-12(14)8-4-2/h5-6H,3-4,7-10H2,1-2H3. The van der Waals surface area contributed by atoms with E-state index >= 15 is 0 Å². The first-order valence-corrected chi connectivity index (χ1v) is 5.66. The molecule has 0 N–H and O–H groups in total. The third kappa shape index (κ3) is 9.24. The van der Waals surface area contributed by atoms with Crippen molar-refractivity contribution in [2.45, 2.75) is 39.5 Å². The van der Waals surface area contributed by atoms with Gasteiger partial charge in [0, 0.05) is 12.8 Å². The molecule has 0 saturated heterocycles. The van der Waals surface area contributed by atoms with Crippen molar-refractivity contribution in [3.05, 3.63) is 12.2 Å². The molecule has 0 bridgehead atoms. The van der Waals surface area contributed by atoms with Crippen LogP contribution in [0.3, 0.4) is 0 Å². The van der Waals surface area contributed by atoms with Crippen LogP contribution in [0, 0.1) is 0 Å². The quantitative estimate of drug-likeness (QED) is 0.472. The van der Waals surface area contributed by atoms with Gasteiger partial charge < -0.3 is 9.47 Å². The van der Waals surface area contributed by atoms with Gasteiger partial charge in [-0.3, -0.25) is 9.59 Å². The van der Waals surface area contributed by atoms with Gasteiger partial charge in [-0.15, -0.1) is 0 Å². The van der Waals surface area contributed by atoms with Crippen LogP contribution in [0.4, 0.5) is 0 Å². The summed E-state index contributed by atoms with van der Waals surface area (Å²) in [5.41, 5.74) is 0. The molecule has 0 unspecified atom stereocenters. The number of ether oxygens (including phenoxy) is 2. The van der Waals surface area contributed by atoms with Crippen LogP contribution >= 0.6 is 0 Å². The fourth-order valence-electron chi connectivity index (χ4n) is 0.971. The lowest BCUT2D eigenvalue weighted by atomic mass is 10.3. The van der Waals surface area contributed by atoms with E-state index in [0.717, 1.165) is 12.8 Å². The van der Waals surface area contributed by atoms with E-state index in [1.54, 1.807) is 12.2 Å². The van der Waals surface area contributed by atoms with Crippen molar-refractivity contribution < 1.29 is 19.1 Å². The molecule has 0 heterocycles. The second-order valence-electron chi connectivity index (χ2n) is 3.34. The van der Waals surface area contributed by atoms with Crippen molar-refractivity contribution in [2.75, 3.05) is 13.2 Å². The van der Waals surface area contributed by atoms with E-state index in [4.69, 9.17) is 9.47 Å². The van der Waals surface area contributed by atoms with Gasteiger partial charge in [-0.25, -0.2) is 0 Å². The molecular weight excluding hydrogens is 208 g/mol. The first-order chi connectivity index (χ1) is 7.70. The Balaban J connectivity index is 3.41. The summed E-state index contributed by atoms with van der Waals surface area (Å²) in [7, 11) is 0. The highest BCUT2D eigenvalue weighted by atomic mass is 16.5. The van der Waals surface area contributed by atoms with E-state index in [0.29, 0.717) is 12.8 Å². The molecule has 0 aromatic heterocycles. The molecule has 0 rings (SSSR count). The minimum Gasteiger partial charge on any atom is -0.461 e. The zero-order valence-corrected chi connectivity index (χ0v) is 10.0. The Kier molecular flexibility index (Phi) is 9.36. The van der Waals surface area contributed by atoms with Gasteiger partial charge in [0.05, 0.1) is 0 Å². The molecule has 0 atom stereocenters. The summed E-state index contributed by atoms with van der Waals surface area (Å²) in [4.78, 5) is 21.9. The van der Waals surface area contributed by atoms with Gasteiger partial charge in [0.25, 0.3) is 0 Å². The van der Waals surface area contributed by atoms with Gasteiger partial charge in [-0.1, -0.05) is 13.8 Å². The molecule has 4 heteroatoms. The van der Waals surface area contributed by atoms with E-state index in [1.807, 2.05) is 13.8 Å². The summed E-state index contributed by atoms with van der Waals surface area (Å²) < 4.78 is 9.74. The van der Waals surface area contributed by atoms with Gasteiger partial charge in [0.1, 0.15) is 13.2 Å². The van der Waals surface area contributed by atoms with E-state index in [1.165, 1.54) is 0 Å². The van der Waals surface area contributed by atoms with E-state index in [-0.39, 0.29) is 25.2 Å². The molecule has 0 saturated carbocycles. The van der Waals surface area contributed by atoms with E-state index in [2.05, 4.69) is 0 Å². The summed E-state index contributed by atoms with van der Waals surface area (Å²) in [5, 5.41) is 0. The average molecular weight is 228 g/mol. The van der Waals surface area contributed by atoms with Crippen LogP contribution in [0.25, 0.3) is 0 Å². The minimum atomic E-state index is -0.199. The monoisotopic (exact) mass is 228 g/mol. The molecule has 0 radical (unpaired) electrons. The molecule has 0 spiro atoms. The lowest BCUT2D eigenvalue weighted by Gasteiger charge is -2.00. The van der Waals surface area contributed by atoms with Crippen LogP contribution < -0.4 is 0 Å². The predicted octanol–water partition coefficient (Wildman–Crippen LogP) is 2.23. The summed E-state index contributed by atoms with van der Waals surface area (Å²) in [5.74, 6) is -0.398. The topological polar surface area (TPSA) is 52.6 Å². The summed E-state index contributed by atoms with van der Waals surface area (Å²) in [6, 6.07) is 0. The normalized spacial score (nSPS) is 10.4. The fraction of sp³-hybridized carbons (Fsp3) is 0.667. The van der Waals surface area contributed by atoms with Crippen LogP contribution in [0.2, 0.25) is 0 Å². The third-order valence-corrected chi connectivity index (χ3v) is 1.76. The summed E-state index contributed by atoms with van der Waals surface area (Å²) >= 11 is 0. The maximum atomic E-state index is 10.9. The highest BCUT2D eigenvalue weighted by molar-refractivity contribution is 5.69. The van der Waals surface area contributed by atoms with Crippen molar-refractivity contribution in [1.82, 2.24) is 0 Å². The highest BCUT2D eigenvalue weighted by Crippen LogP contribution is 1.93. The van der Waals surface area contributed by atoms with Crippen molar-refractivity contribution in [3.8, 4) is 0 Å². The van der Waals surface area contributed by atoms with Gasteiger partial charge >= 0.3 is 11.9 Å². The van der Waals surface area contributed by atoms with Crippen LogP contribution in [-0.2, 0) is 19.1 Å². The van der Waals surface area contributed by atoms with Crippen LogP contribution in [0.5, 0.6) is 0 Å². The first kappa shape index (κ1) is 14.7. The average Bonchev–Trinajstić information content (AvgIpc) is 2.24. The van der Waals surface area contributed by atoms with Crippen LogP contribution in [0.15, 0.2) is 12.2 Å². The van der Waals surface area contributed by atoms with Crippen LogP contribution in [-0.4, -0.2) is 25.2 Å². The van der Waals surface area contributed by atoms with Crippen molar-refractivity contribution in [3.63, 3.8) is 0 Å². The van der Waals surface area contributed by atoms with Gasteiger partial charge in [0.2, 0.25) is 0 Å². The van der Waals surface area contributed by atoms with Gasteiger partial charge in [-0.05, 0) is 25.0 Å². The number of carbonyl (C=O) groups is 2. The lowest BCUT2D eigenvalue weighted by molar-refractivity contribution is -0.143. The largest absolute Gasteiger partial charge is 0.461 e. The molecule has 0 aromatic carbocycles. The van der Waals surface area contributed by atoms with E-state index < -0.39 is 0 Å². The molecular formula is C12H20O4. The summed E-state index contributed by atoms with van der Waals surface area (Å²) in [6.45, 7) is 4.32. The molecule has 16 heavy (non-hydrogen) atoms. The second-order valence-corrected chi connectivity index (χ2v) is 3.34. The lowest BCUT2D eigenvalue weighted by Crippen LogP contribution is -2.05. The number of carbonyl (C=O) groups excluding carboxylic acids is 2. The smallest absolute Gasteiger partial charge is 0.306 e.